The van der Waals surface area contributed by atoms with Crippen LogP contribution in [-0.2, 0) is 13.0 Å². The van der Waals surface area contributed by atoms with Gasteiger partial charge in [0.25, 0.3) is 0 Å². The van der Waals surface area contributed by atoms with Crippen LogP contribution < -0.4 is 5.32 Å². The van der Waals surface area contributed by atoms with Crippen molar-refractivity contribution >= 4 is 17.4 Å². The standard InChI is InChI=1S/C17H19FN2OS/c1-11-3-4-13(9-15(11)18)10-19-17(21)20-7-5-16-14(12(20)2)6-8-22-16/h3-4,6,8-9,12H,5,7,10H2,1-2H3,(H,19,21). The van der Waals surface area contributed by atoms with Crippen LogP contribution >= 0.6 is 11.3 Å². The molecule has 0 saturated carbocycles. The lowest BCUT2D eigenvalue weighted by molar-refractivity contribution is 0.175. The average molecular weight is 318 g/mol. The number of fused-ring (bicyclic) bond motifs is 1. The van der Waals surface area contributed by atoms with Crippen LogP contribution in [0.4, 0.5) is 9.18 Å². The van der Waals surface area contributed by atoms with Crippen molar-refractivity contribution in [2.75, 3.05) is 6.54 Å². The topological polar surface area (TPSA) is 32.3 Å². The van der Waals surface area contributed by atoms with E-state index in [1.807, 2.05) is 11.0 Å². The lowest BCUT2D eigenvalue weighted by Gasteiger charge is -2.33. The van der Waals surface area contributed by atoms with Crippen LogP contribution in [-0.4, -0.2) is 17.5 Å². The molecule has 0 bridgehead atoms. The number of nitrogens with one attached hydrogen (secondary N) is 1. The van der Waals surface area contributed by atoms with Crippen LogP contribution in [0.15, 0.2) is 29.6 Å². The number of halogens is 1. The molecule has 5 heteroatoms. The van der Waals surface area contributed by atoms with Crippen LogP contribution in [0.5, 0.6) is 0 Å². The summed E-state index contributed by atoms with van der Waals surface area (Å²) in [7, 11) is 0. The van der Waals surface area contributed by atoms with Crippen molar-refractivity contribution < 1.29 is 9.18 Å². The van der Waals surface area contributed by atoms with E-state index in [4.69, 9.17) is 0 Å². The maximum Gasteiger partial charge on any atom is 0.318 e. The first-order chi connectivity index (χ1) is 10.6. The van der Waals surface area contributed by atoms with E-state index in [1.165, 1.54) is 16.5 Å². The van der Waals surface area contributed by atoms with Crippen molar-refractivity contribution in [3.05, 3.63) is 57.0 Å². The minimum absolute atomic E-state index is 0.0877. The summed E-state index contributed by atoms with van der Waals surface area (Å²) in [5, 5.41) is 4.97. The van der Waals surface area contributed by atoms with Gasteiger partial charge in [0.2, 0.25) is 0 Å². The number of hydrogen-bond donors (Lipinski definition) is 1. The van der Waals surface area contributed by atoms with E-state index in [0.29, 0.717) is 12.1 Å². The van der Waals surface area contributed by atoms with Crippen LogP contribution in [0.1, 0.15) is 34.5 Å². The van der Waals surface area contributed by atoms with E-state index in [0.717, 1.165) is 18.5 Å². The third-order valence-corrected chi connectivity index (χ3v) is 5.21. The highest BCUT2D eigenvalue weighted by molar-refractivity contribution is 7.10. The number of thiophene rings is 1. The number of hydrogen-bond acceptors (Lipinski definition) is 2. The Kier molecular flexibility index (Phi) is 4.16. The summed E-state index contributed by atoms with van der Waals surface area (Å²) in [4.78, 5) is 15.6. The second-order valence-electron chi connectivity index (χ2n) is 5.66. The van der Waals surface area contributed by atoms with Gasteiger partial charge < -0.3 is 10.2 Å². The first kappa shape index (κ1) is 15.0. The average Bonchev–Trinajstić information content (AvgIpc) is 2.98. The van der Waals surface area contributed by atoms with Gasteiger partial charge in [-0.15, -0.1) is 11.3 Å². The van der Waals surface area contributed by atoms with Gasteiger partial charge in [-0.25, -0.2) is 9.18 Å². The molecular formula is C17H19FN2OS. The van der Waals surface area contributed by atoms with Gasteiger partial charge in [0.15, 0.2) is 0 Å². The molecular weight excluding hydrogens is 299 g/mol. The highest BCUT2D eigenvalue weighted by Crippen LogP contribution is 2.32. The zero-order chi connectivity index (χ0) is 15.7. The summed E-state index contributed by atoms with van der Waals surface area (Å²) in [5.41, 5.74) is 2.63. The van der Waals surface area contributed by atoms with Crippen molar-refractivity contribution in [2.24, 2.45) is 0 Å². The molecule has 1 unspecified atom stereocenters. The fourth-order valence-electron chi connectivity index (χ4n) is 2.81. The zero-order valence-electron chi connectivity index (χ0n) is 12.7. The van der Waals surface area contributed by atoms with E-state index in [-0.39, 0.29) is 17.9 Å². The molecule has 1 aliphatic rings. The van der Waals surface area contributed by atoms with E-state index in [9.17, 15) is 9.18 Å². The number of carbonyl (C=O) groups is 1. The van der Waals surface area contributed by atoms with Gasteiger partial charge in [-0.1, -0.05) is 12.1 Å². The van der Waals surface area contributed by atoms with E-state index >= 15 is 0 Å². The van der Waals surface area contributed by atoms with E-state index < -0.39 is 0 Å². The summed E-state index contributed by atoms with van der Waals surface area (Å²) in [5.74, 6) is -0.235. The molecule has 0 radical (unpaired) electrons. The maximum absolute atomic E-state index is 13.5. The quantitative estimate of drug-likeness (QED) is 0.891. The van der Waals surface area contributed by atoms with Gasteiger partial charge in [-0.05, 0) is 54.5 Å². The Balaban J connectivity index is 1.64. The van der Waals surface area contributed by atoms with E-state index in [2.05, 4.69) is 23.7 Å². The predicted molar refractivity (Wildman–Crippen MR) is 86.5 cm³/mol. The van der Waals surface area contributed by atoms with Gasteiger partial charge in [0, 0.05) is 18.0 Å². The molecule has 1 aromatic carbocycles. The largest absolute Gasteiger partial charge is 0.334 e. The predicted octanol–water partition coefficient (Wildman–Crippen LogP) is 4.02. The smallest absolute Gasteiger partial charge is 0.318 e. The Morgan fingerprint density at radius 3 is 3.05 bits per heavy atom. The molecule has 0 aliphatic carbocycles. The highest BCUT2D eigenvalue weighted by Gasteiger charge is 2.28. The third kappa shape index (κ3) is 2.86. The molecule has 3 nitrogen and oxygen atoms in total. The summed E-state index contributed by atoms with van der Waals surface area (Å²) in [6.45, 7) is 4.85. The SMILES string of the molecule is Cc1ccc(CNC(=O)N2CCc3sccc3C2C)cc1F. The second-order valence-corrected chi connectivity index (χ2v) is 6.66. The summed E-state index contributed by atoms with van der Waals surface area (Å²) in [6.07, 6.45) is 0.907. The Labute approximate surface area is 133 Å². The molecule has 116 valence electrons. The number of urea groups is 1. The van der Waals surface area contributed by atoms with Crippen molar-refractivity contribution in [1.29, 1.82) is 0 Å². The molecule has 0 saturated heterocycles. The third-order valence-electron chi connectivity index (χ3n) is 4.22. The first-order valence-corrected chi connectivity index (χ1v) is 8.30. The Bertz CT molecular complexity index is 698. The zero-order valence-corrected chi connectivity index (χ0v) is 13.5. The molecule has 1 atom stereocenters. The van der Waals surface area contributed by atoms with Crippen molar-refractivity contribution in [2.45, 2.75) is 32.9 Å². The number of nitrogens with zero attached hydrogens (tertiary/aromatic N) is 1. The number of amides is 2. The number of carbonyl (C=O) groups excluding carboxylic acids is 1. The summed E-state index contributed by atoms with van der Waals surface area (Å²) >= 11 is 1.76. The van der Waals surface area contributed by atoms with Crippen LogP contribution in [0.3, 0.4) is 0 Å². The number of rotatable bonds is 2. The lowest BCUT2D eigenvalue weighted by atomic mass is 10.0. The van der Waals surface area contributed by atoms with Gasteiger partial charge in [-0.2, -0.15) is 0 Å². The van der Waals surface area contributed by atoms with E-state index in [1.54, 1.807) is 24.3 Å². The molecule has 3 rings (SSSR count). The van der Waals surface area contributed by atoms with Gasteiger partial charge >= 0.3 is 6.03 Å². The molecule has 0 fully saturated rings. The lowest BCUT2D eigenvalue weighted by Crippen LogP contribution is -2.44. The molecule has 2 amide bonds. The number of aryl methyl sites for hydroxylation is 1. The molecule has 1 aliphatic heterocycles. The normalized spacial score (nSPS) is 17.2. The van der Waals surface area contributed by atoms with Crippen molar-refractivity contribution in [1.82, 2.24) is 10.2 Å². The molecule has 2 heterocycles. The summed E-state index contributed by atoms with van der Waals surface area (Å²) in [6, 6.07) is 7.15. The van der Waals surface area contributed by atoms with Crippen LogP contribution in [0.25, 0.3) is 0 Å². The second kappa shape index (κ2) is 6.08. The maximum atomic E-state index is 13.5. The highest BCUT2D eigenvalue weighted by atomic mass is 32.1. The molecule has 1 aromatic heterocycles. The molecule has 1 N–H and O–H groups in total. The Morgan fingerprint density at radius 1 is 1.45 bits per heavy atom. The number of benzene rings is 1. The van der Waals surface area contributed by atoms with Gasteiger partial charge in [0.05, 0.1) is 6.04 Å². The Morgan fingerprint density at radius 2 is 2.27 bits per heavy atom. The summed E-state index contributed by atoms with van der Waals surface area (Å²) < 4.78 is 13.5. The minimum atomic E-state index is -0.235. The van der Waals surface area contributed by atoms with Crippen molar-refractivity contribution in [3.8, 4) is 0 Å². The van der Waals surface area contributed by atoms with Gasteiger partial charge in [-0.3, -0.25) is 0 Å². The van der Waals surface area contributed by atoms with Crippen LogP contribution in [0.2, 0.25) is 0 Å². The fourth-order valence-corrected chi connectivity index (χ4v) is 3.78. The van der Waals surface area contributed by atoms with Crippen molar-refractivity contribution in [3.63, 3.8) is 0 Å². The monoisotopic (exact) mass is 318 g/mol. The fraction of sp³-hybridized carbons (Fsp3) is 0.353. The van der Waals surface area contributed by atoms with Crippen LogP contribution in [0, 0.1) is 12.7 Å². The molecule has 2 aromatic rings. The molecule has 22 heavy (non-hydrogen) atoms. The molecule has 0 spiro atoms. The van der Waals surface area contributed by atoms with Gasteiger partial charge in [0.1, 0.15) is 5.82 Å². The minimum Gasteiger partial charge on any atom is -0.334 e. The first-order valence-electron chi connectivity index (χ1n) is 7.42. The Hall–Kier alpha value is -1.88.